The molecule has 4 heteroatoms. The molecule has 2 aromatic rings. The monoisotopic (exact) mass is 274 g/mol. The molecule has 0 aliphatic carbocycles. The average molecular weight is 274 g/mol. The maximum absolute atomic E-state index is 5.73. The van der Waals surface area contributed by atoms with Crippen LogP contribution in [-0.2, 0) is 13.0 Å². The van der Waals surface area contributed by atoms with E-state index in [1.807, 2.05) is 24.3 Å². The fourth-order valence-electron chi connectivity index (χ4n) is 1.99. The zero-order valence-electron chi connectivity index (χ0n) is 11.9. The first kappa shape index (κ1) is 14.6. The third-order valence-corrected chi connectivity index (χ3v) is 3.10. The fourth-order valence-corrected chi connectivity index (χ4v) is 1.99. The summed E-state index contributed by atoms with van der Waals surface area (Å²) in [4.78, 5) is 2.17. The van der Waals surface area contributed by atoms with E-state index in [0.29, 0.717) is 13.2 Å². The second kappa shape index (κ2) is 7.72. The summed E-state index contributed by atoms with van der Waals surface area (Å²) < 4.78 is 11.0. The Hall–Kier alpha value is -1.78. The quantitative estimate of drug-likeness (QED) is 0.802. The van der Waals surface area contributed by atoms with Gasteiger partial charge in [0.2, 0.25) is 0 Å². The minimum atomic E-state index is 0.660. The number of furan rings is 1. The molecule has 2 N–H and O–H groups in total. The topological polar surface area (TPSA) is 51.6 Å². The lowest BCUT2D eigenvalue weighted by Gasteiger charge is -2.15. The lowest BCUT2D eigenvalue weighted by molar-refractivity contribution is 0.222. The van der Waals surface area contributed by atoms with E-state index in [1.54, 1.807) is 6.26 Å². The van der Waals surface area contributed by atoms with Crippen molar-refractivity contribution in [2.24, 2.45) is 5.73 Å². The van der Waals surface area contributed by atoms with Crippen LogP contribution in [0.4, 0.5) is 0 Å². The summed E-state index contributed by atoms with van der Waals surface area (Å²) in [6.45, 7) is 2.99. The SMILES string of the molecule is CN(CCOc1ccc(CCN)cc1)Cc1ccco1. The molecule has 1 aromatic heterocycles. The minimum Gasteiger partial charge on any atom is -0.492 e. The molecular formula is C16H22N2O2. The summed E-state index contributed by atoms with van der Waals surface area (Å²) in [5.74, 6) is 1.87. The van der Waals surface area contributed by atoms with Gasteiger partial charge in [-0.25, -0.2) is 0 Å². The van der Waals surface area contributed by atoms with E-state index >= 15 is 0 Å². The molecule has 0 spiro atoms. The van der Waals surface area contributed by atoms with Gasteiger partial charge in [0.05, 0.1) is 12.8 Å². The highest BCUT2D eigenvalue weighted by Crippen LogP contribution is 2.12. The molecule has 1 heterocycles. The lowest BCUT2D eigenvalue weighted by atomic mass is 10.1. The Labute approximate surface area is 120 Å². The van der Waals surface area contributed by atoms with E-state index in [1.165, 1.54) is 5.56 Å². The molecule has 20 heavy (non-hydrogen) atoms. The molecule has 0 aliphatic rings. The van der Waals surface area contributed by atoms with E-state index in [2.05, 4.69) is 24.1 Å². The average Bonchev–Trinajstić information content (AvgIpc) is 2.94. The third kappa shape index (κ3) is 4.72. The number of hydrogen-bond acceptors (Lipinski definition) is 4. The first-order valence-electron chi connectivity index (χ1n) is 6.90. The predicted molar refractivity (Wildman–Crippen MR) is 79.7 cm³/mol. The number of hydrogen-bond donors (Lipinski definition) is 1. The van der Waals surface area contributed by atoms with Crippen molar-refractivity contribution in [1.82, 2.24) is 4.90 Å². The molecule has 0 unspecified atom stereocenters. The Balaban J connectivity index is 1.69. The molecule has 0 atom stereocenters. The molecule has 2 rings (SSSR count). The van der Waals surface area contributed by atoms with Crippen molar-refractivity contribution in [3.63, 3.8) is 0 Å². The van der Waals surface area contributed by atoms with Gasteiger partial charge in [-0.3, -0.25) is 4.90 Å². The van der Waals surface area contributed by atoms with E-state index in [4.69, 9.17) is 14.9 Å². The number of likely N-dealkylation sites (N-methyl/N-ethyl adjacent to an activating group) is 1. The van der Waals surface area contributed by atoms with Crippen molar-refractivity contribution in [1.29, 1.82) is 0 Å². The van der Waals surface area contributed by atoms with Crippen LogP contribution in [0, 0.1) is 0 Å². The Morgan fingerprint density at radius 1 is 1.20 bits per heavy atom. The molecule has 0 radical (unpaired) electrons. The van der Waals surface area contributed by atoms with Crippen LogP contribution in [-0.4, -0.2) is 31.6 Å². The first-order chi connectivity index (χ1) is 9.78. The van der Waals surface area contributed by atoms with Crippen molar-refractivity contribution >= 4 is 0 Å². The van der Waals surface area contributed by atoms with Gasteiger partial charge in [0.15, 0.2) is 0 Å². The van der Waals surface area contributed by atoms with Gasteiger partial charge in [-0.15, -0.1) is 0 Å². The fraction of sp³-hybridized carbons (Fsp3) is 0.375. The van der Waals surface area contributed by atoms with Crippen molar-refractivity contribution in [2.75, 3.05) is 26.7 Å². The van der Waals surface area contributed by atoms with Crippen LogP contribution < -0.4 is 10.5 Å². The van der Waals surface area contributed by atoms with Gasteiger partial charge < -0.3 is 14.9 Å². The van der Waals surface area contributed by atoms with Crippen LogP contribution in [0.5, 0.6) is 5.75 Å². The van der Waals surface area contributed by atoms with Gasteiger partial charge in [0.25, 0.3) is 0 Å². The zero-order valence-corrected chi connectivity index (χ0v) is 11.9. The molecule has 0 saturated carbocycles. The standard InChI is InChI=1S/C16H22N2O2/c1-18(13-16-3-2-11-19-16)10-12-20-15-6-4-14(5-7-15)8-9-17/h2-7,11H,8-10,12-13,17H2,1H3. The van der Waals surface area contributed by atoms with Crippen LogP contribution in [0.25, 0.3) is 0 Å². The van der Waals surface area contributed by atoms with Gasteiger partial charge in [0, 0.05) is 6.54 Å². The molecule has 0 saturated heterocycles. The molecule has 0 aliphatic heterocycles. The molecule has 1 aromatic carbocycles. The normalized spacial score (nSPS) is 10.9. The van der Waals surface area contributed by atoms with Gasteiger partial charge in [-0.2, -0.15) is 0 Å². The number of rotatable bonds is 8. The highest BCUT2D eigenvalue weighted by Gasteiger charge is 2.03. The van der Waals surface area contributed by atoms with Crippen molar-refractivity contribution in [2.45, 2.75) is 13.0 Å². The van der Waals surface area contributed by atoms with Crippen molar-refractivity contribution in [3.05, 3.63) is 54.0 Å². The third-order valence-electron chi connectivity index (χ3n) is 3.10. The Morgan fingerprint density at radius 2 is 2.00 bits per heavy atom. The number of benzene rings is 1. The van der Waals surface area contributed by atoms with E-state index < -0.39 is 0 Å². The van der Waals surface area contributed by atoms with E-state index in [-0.39, 0.29) is 0 Å². The summed E-state index contributed by atoms with van der Waals surface area (Å²) in [6, 6.07) is 12.0. The maximum Gasteiger partial charge on any atom is 0.119 e. The van der Waals surface area contributed by atoms with Crippen LogP contribution in [0.2, 0.25) is 0 Å². The van der Waals surface area contributed by atoms with Gasteiger partial charge >= 0.3 is 0 Å². The predicted octanol–water partition coefficient (Wildman–Crippen LogP) is 2.29. The number of nitrogens with two attached hydrogens (primary N) is 1. The Morgan fingerprint density at radius 3 is 2.65 bits per heavy atom. The highest BCUT2D eigenvalue weighted by atomic mass is 16.5. The molecular weight excluding hydrogens is 252 g/mol. The van der Waals surface area contributed by atoms with Crippen molar-refractivity contribution in [3.8, 4) is 5.75 Å². The second-order valence-electron chi connectivity index (χ2n) is 4.85. The van der Waals surface area contributed by atoms with Crippen LogP contribution in [0.15, 0.2) is 47.1 Å². The smallest absolute Gasteiger partial charge is 0.119 e. The minimum absolute atomic E-state index is 0.660. The summed E-state index contributed by atoms with van der Waals surface area (Å²) in [5, 5.41) is 0. The number of nitrogens with zero attached hydrogens (tertiary/aromatic N) is 1. The Kier molecular flexibility index (Phi) is 5.65. The second-order valence-corrected chi connectivity index (χ2v) is 4.85. The number of ether oxygens (including phenoxy) is 1. The van der Waals surface area contributed by atoms with Gasteiger partial charge in [-0.1, -0.05) is 12.1 Å². The van der Waals surface area contributed by atoms with Gasteiger partial charge in [-0.05, 0) is 49.8 Å². The summed E-state index contributed by atoms with van der Waals surface area (Å²) in [7, 11) is 2.05. The highest BCUT2D eigenvalue weighted by molar-refractivity contribution is 5.27. The van der Waals surface area contributed by atoms with Gasteiger partial charge in [0.1, 0.15) is 18.1 Å². The summed E-state index contributed by atoms with van der Waals surface area (Å²) in [6.07, 6.45) is 2.61. The first-order valence-corrected chi connectivity index (χ1v) is 6.90. The largest absolute Gasteiger partial charge is 0.492 e. The van der Waals surface area contributed by atoms with Crippen LogP contribution in [0.3, 0.4) is 0 Å². The van der Waals surface area contributed by atoms with Crippen molar-refractivity contribution < 1.29 is 9.15 Å². The lowest BCUT2D eigenvalue weighted by Crippen LogP contribution is -2.23. The van der Waals surface area contributed by atoms with Crippen LogP contribution >= 0.6 is 0 Å². The van der Waals surface area contributed by atoms with E-state index in [0.717, 1.165) is 31.0 Å². The molecule has 0 amide bonds. The molecule has 4 nitrogen and oxygen atoms in total. The maximum atomic E-state index is 5.73. The summed E-state index contributed by atoms with van der Waals surface area (Å²) in [5.41, 5.74) is 6.77. The van der Waals surface area contributed by atoms with Crippen LogP contribution in [0.1, 0.15) is 11.3 Å². The zero-order chi connectivity index (χ0) is 14.2. The Bertz CT molecular complexity index is 480. The summed E-state index contributed by atoms with van der Waals surface area (Å²) >= 11 is 0. The molecule has 0 bridgehead atoms. The van der Waals surface area contributed by atoms with E-state index in [9.17, 15) is 0 Å². The molecule has 108 valence electrons. The molecule has 0 fully saturated rings.